The van der Waals surface area contributed by atoms with E-state index in [2.05, 4.69) is 30.0 Å². The standard InChI is InChI=1S/C15H21N3O/c1-3-13-9-14(18(4-2)17-13)10-15(19)8-12-6-5-7-16-11-12/h5-7,9,11,15,19H,3-4,8,10H2,1-2H3. The predicted octanol–water partition coefficient (Wildman–Crippen LogP) is 2.01. The van der Waals surface area contributed by atoms with Crippen LogP contribution in [-0.2, 0) is 25.8 Å². The summed E-state index contributed by atoms with van der Waals surface area (Å²) < 4.78 is 1.98. The second-order valence-electron chi connectivity index (χ2n) is 4.72. The maximum atomic E-state index is 10.2. The molecule has 0 amide bonds. The van der Waals surface area contributed by atoms with Crippen molar-refractivity contribution in [2.75, 3.05) is 0 Å². The molecule has 0 aromatic carbocycles. The van der Waals surface area contributed by atoms with E-state index in [-0.39, 0.29) is 0 Å². The summed E-state index contributed by atoms with van der Waals surface area (Å²) in [5.41, 5.74) is 3.26. The summed E-state index contributed by atoms with van der Waals surface area (Å²) in [6, 6.07) is 5.98. The molecule has 1 atom stereocenters. The lowest BCUT2D eigenvalue weighted by molar-refractivity contribution is 0.172. The van der Waals surface area contributed by atoms with E-state index in [1.54, 1.807) is 12.4 Å². The fourth-order valence-corrected chi connectivity index (χ4v) is 2.23. The SMILES string of the molecule is CCc1cc(CC(O)Cc2cccnc2)n(CC)n1. The monoisotopic (exact) mass is 259 g/mol. The van der Waals surface area contributed by atoms with Crippen molar-refractivity contribution in [2.24, 2.45) is 0 Å². The molecule has 102 valence electrons. The Morgan fingerprint density at radius 1 is 1.32 bits per heavy atom. The third kappa shape index (κ3) is 3.64. The smallest absolute Gasteiger partial charge is 0.0636 e. The number of pyridine rings is 1. The van der Waals surface area contributed by atoms with Crippen LogP contribution in [0, 0.1) is 0 Å². The number of hydrogen-bond acceptors (Lipinski definition) is 3. The molecule has 0 bridgehead atoms. The second-order valence-corrected chi connectivity index (χ2v) is 4.72. The normalized spacial score (nSPS) is 12.6. The summed E-state index contributed by atoms with van der Waals surface area (Å²) in [5, 5.41) is 14.7. The number of aliphatic hydroxyl groups excluding tert-OH is 1. The molecule has 2 rings (SSSR count). The summed E-state index contributed by atoms with van der Waals surface area (Å²) in [6.07, 6.45) is 5.35. The van der Waals surface area contributed by atoms with Crippen molar-refractivity contribution in [1.82, 2.24) is 14.8 Å². The summed E-state index contributed by atoms with van der Waals surface area (Å²) in [4.78, 5) is 4.07. The molecule has 2 heterocycles. The Kier molecular flexibility index (Phi) is 4.68. The molecule has 0 radical (unpaired) electrons. The molecular formula is C15H21N3O. The van der Waals surface area contributed by atoms with Gasteiger partial charge in [0.2, 0.25) is 0 Å². The zero-order chi connectivity index (χ0) is 13.7. The van der Waals surface area contributed by atoms with E-state index in [9.17, 15) is 5.11 Å². The molecule has 0 spiro atoms. The van der Waals surface area contributed by atoms with Crippen LogP contribution in [0.2, 0.25) is 0 Å². The van der Waals surface area contributed by atoms with Crippen molar-refractivity contribution in [1.29, 1.82) is 0 Å². The highest BCUT2D eigenvalue weighted by molar-refractivity contribution is 5.14. The van der Waals surface area contributed by atoms with Gasteiger partial charge in [-0.1, -0.05) is 13.0 Å². The fraction of sp³-hybridized carbons (Fsp3) is 0.467. The van der Waals surface area contributed by atoms with Gasteiger partial charge in [-0.3, -0.25) is 9.67 Å². The lowest BCUT2D eigenvalue weighted by Gasteiger charge is -2.11. The van der Waals surface area contributed by atoms with Gasteiger partial charge >= 0.3 is 0 Å². The number of aliphatic hydroxyl groups is 1. The maximum absolute atomic E-state index is 10.2. The van der Waals surface area contributed by atoms with Crippen LogP contribution in [-0.4, -0.2) is 26.0 Å². The van der Waals surface area contributed by atoms with E-state index in [1.807, 2.05) is 16.8 Å². The van der Waals surface area contributed by atoms with Crippen LogP contribution in [0.25, 0.3) is 0 Å². The third-order valence-electron chi connectivity index (χ3n) is 3.21. The zero-order valence-electron chi connectivity index (χ0n) is 11.6. The molecule has 1 N–H and O–H groups in total. The Bertz CT molecular complexity index is 507. The average Bonchev–Trinajstić information content (AvgIpc) is 2.82. The Hall–Kier alpha value is -1.68. The molecular weight excluding hydrogens is 238 g/mol. The van der Waals surface area contributed by atoms with Gasteiger partial charge in [-0.15, -0.1) is 0 Å². The number of rotatable bonds is 6. The van der Waals surface area contributed by atoms with Crippen molar-refractivity contribution < 1.29 is 5.11 Å². The van der Waals surface area contributed by atoms with Crippen LogP contribution >= 0.6 is 0 Å². The van der Waals surface area contributed by atoms with Crippen molar-refractivity contribution >= 4 is 0 Å². The van der Waals surface area contributed by atoms with Gasteiger partial charge in [-0.05, 0) is 31.0 Å². The van der Waals surface area contributed by atoms with Gasteiger partial charge in [-0.2, -0.15) is 5.10 Å². The molecule has 2 aromatic heterocycles. The zero-order valence-corrected chi connectivity index (χ0v) is 11.6. The van der Waals surface area contributed by atoms with Crippen molar-refractivity contribution in [3.63, 3.8) is 0 Å². The van der Waals surface area contributed by atoms with Gasteiger partial charge < -0.3 is 5.11 Å². The van der Waals surface area contributed by atoms with Gasteiger partial charge in [0.1, 0.15) is 0 Å². The quantitative estimate of drug-likeness (QED) is 0.863. The molecule has 4 heteroatoms. The number of hydrogen-bond donors (Lipinski definition) is 1. The van der Waals surface area contributed by atoms with Crippen LogP contribution in [0.3, 0.4) is 0 Å². The van der Waals surface area contributed by atoms with Gasteiger partial charge in [0.25, 0.3) is 0 Å². The van der Waals surface area contributed by atoms with E-state index in [0.717, 1.165) is 29.9 Å². The Morgan fingerprint density at radius 3 is 2.79 bits per heavy atom. The van der Waals surface area contributed by atoms with E-state index >= 15 is 0 Å². The Labute approximate surface area is 114 Å². The molecule has 0 aliphatic heterocycles. The molecule has 0 saturated carbocycles. The Balaban J connectivity index is 2.02. The van der Waals surface area contributed by atoms with E-state index in [1.165, 1.54) is 0 Å². The minimum absolute atomic E-state index is 0.393. The summed E-state index contributed by atoms with van der Waals surface area (Å²) >= 11 is 0. The highest BCUT2D eigenvalue weighted by Gasteiger charge is 2.12. The molecule has 0 aliphatic carbocycles. The van der Waals surface area contributed by atoms with Crippen LogP contribution in [0.15, 0.2) is 30.6 Å². The first-order valence-corrected chi connectivity index (χ1v) is 6.85. The van der Waals surface area contributed by atoms with Gasteiger partial charge in [0, 0.05) is 37.5 Å². The Morgan fingerprint density at radius 2 is 2.16 bits per heavy atom. The lowest BCUT2D eigenvalue weighted by atomic mass is 10.1. The van der Waals surface area contributed by atoms with Crippen LogP contribution in [0.4, 0.5) is 0 Å². The first kappa shape index (κ1) is 13.7. The minimum atomic E-state index is -0.393. The molecule has 4 nitrogen and oxygen atoms in total. The van der Waals surface area contributed by atoms with Crippen LogP contribution in [0.1, 0.15) is 30.8 Å². The van der Waals surface area contributed by atoms with Crippen LogP contribution < -0.4 is 0 Å². The topological polar surface area (TPSA) is 50.9 Å². The highest BCUT2D eigenvalue weighted by atomic mass is 16.3. The third-order valence-corrected chi connectivity index (χ3v) is 3.21. The number of aromatic nitrogens is 3. The fourth-order valence-electron chi connectivity index (χ4n) is 2.23. The summed E-state index contributed by atoms with van der Waals surface area (Å²) in [6.45, 7) is 5.01. The second kappa shape index (κ2) is 6.48. The predicted molar refractivity (Wildman–Crippen MR) is 74.9 cm³/mol. The van der Waals surface area contributed by atoms with Gasteiger partial charge in [0.15, 0.2) is 0 Å². The molecule has 2 aromatic rings. The van der Waals surface area contributed by atoms with Gasteiger partial charge in [0.05, 0.1) is 11.8 Å². The van der Waals surface area contributed by atoms with E-state index in [4.69, 9.17) is 0 Å². The highest BCUT2D eigenvalue weighted by Crippen LogP contribution is 2.11. The molecule has 0 saturated heterocycles. The number of aryl methyl sites for hydroxylation is 2. The molecule has 1 unspecified atom stereocenters. The van der Waals surface area contributed by atoms with Crippen molar-refractivity contribution in [3.05, 3.63) is 47.5 Å². The lowest BCUT2D eigenvalue weighted by Crippen LogP contribution is -2.17. The maximum Gasteiger partial charge on any atom is 0.0636 e. The summed E-state index contributed by atoms with van der Waals surface area (Å²) in [7, 11) is 0. The van der Waals surface area contributed by atoms with Crippen LogP contribution in [0.5, 0.6) is 0 Å². The molecule has 19 heavy (non-hydrogen) atoms. The van der Waals surface area contributed by atoms with Crippen molar-refractivity contribution in [2.45, 2.75) is 45.8 Å². The minimum Gasteiger partial charge on any atom is -0.392 e. The van der Waals surface area contributed by atoms with E-state index in [0.29, 0.717) is 12.8 Å². The first-order valence-electron chi connectivity index (χ1n) is 6.85. The van der Waals surface area contributed by atoms with E-state index < -0.39 is 6.10 Å². The summed E-state index contributed by atoms with van der Waals surface area (Å²) in [5.74, 6) is 0. The van der Waals surface area contributed by atoms with Crippen molar-refractivity contribution in [3.8, 4) is 0 Å². The largest absolute Gasteiger partial charge is 0.392 e. The van der Waals surface area contributed by atoms with Gasteiger partial charge in [-0.25, -0.2) is 0 Å². The average molecular weight is 259 g/mol. The molecule has 0 fully saturated rings. The number of nitrogens with zero attached hydrogens (tertiary/aromatic N) is 3. The first-order chi connectivity index (χ1) is 9.22. The molecule has 0 aliphatic rings.